The molecule has 0 aromatic heterocycles. The number of rotatable bonds is 64. The number of ether oxygens (including phenoxy) is 2. The summed E-state index contributed by atoms with van der Waals surface area (Å²) in [6, 6.07) is -0.824. The van der Waals surface area contributed by atoms with Gasteiger partial charge in [0.25, 0.3) is 0 Å². The number of aliphatic hydroxyl groups is 5. The molecular formula is C74H139NO8. The Morgan fingerprint density at radius 1 is 0.410 bits per heavy atom. The van der Waals surface area contributed by atoms with Crippen molar-refractivity contribution >= 4 is 5.91 Å². The molecule has 1 amide bonds. The Bertz CT molecular complexity index is 1450. The van der Waals surface area contributed by atoms with Gasteiger partial charge in [0.1, 0.15) is 24.4 Å². The maximum Gasteiger partial charge on any atom is 0.220 e. The molecular weight excluding hydrogens is 1030 g/mol. The van der Waals surface area contributed by atoms with Gasteiger partial charge in [-0.1, -0.05) is 339 Å². The van der Waals surface area contributed by atoms with Gasteiger partial charge in [-0.15, -0.1) is 0 Å². The van der Waals surface area contributed by atoms with E-state index in [1.54, 1.807) is 6.08 Å². The lowest BCUT2D eigenvalue weighted by Gasteiger charge is -2.40. The van der Waals surface area contributed by atoms with Crippen molar-refractivity contribution in [3.8, 4) is 0 Å². The summed E-state index contributed by atoms with van der Waals surface area (Å²) in [7, 11) is 0. The van der Waals surface area contributed by atoms with E-state index in [1.165, 1.54) is 295 Å². The Kier molecular flexibility index (Phi) is 60.3. The Morgan fingerprint density at radius 3 is 1.08 bits per heavy atom. The predicted molar refractivity (Wildman–Crippen MR) is 355 cm³/mol. The summed E-state index contributed by atoms with van der Waals surface area (Å²) < 4.78 is 11.3. The monoisotopic (exact) mass is 1170 g/mol. The number of aliphatic hydroxyl groups excluding tert-OH is 5. The molecule has 0 aromatic rings. The van der Waals surface area contributed by atoms with Crippen molar-refractivity contribution in [2.45, 2.75) is 403 Å². The van der Waals surface area contributed by atoms with Gasteiger partial charge in [-0.05, 0) is 64.2 Å². The van der Waals surface area contributed by atoms with Crippen LogP contribution in [0.15, 0.2) is 48.6 Å². The molecule has 0 aliphatic carbocycles. The quantitative estimate of drug-likeness (QED) is 0.0261. The van der Waals surface area contributed by atoms with Crippen LogP contribution in [0.2, 0.25) is 0 Å². The average Bonchev–Trinajstić information content (AvgIpc) is 3.60. The molecule has 0 bridgehead atoms. The molecule has 0 radical (unpaired) electrons. The molecule has 1 aliphatic rings. The van der Waals surface area contributed by atoms with Crippen LogP contribution < -0.4 is 5.32 Å². The maximum atomic E-state index is 13.1. The zero-order chi connectivity index (χ0) is 60.0. The van der Waals surface area contributed by atoms with Gasteiger partial charge in [-0.25, -0.2) is 0 Å². The third-order valence-corrected chi connectivity index (χ3v) is 17.4. The summed E-state index contributed by atoms with van der Waals surface area (Å²) in [5, 5.41) is 54.8. The van der Waals surface area contributed by atoms with Crippen molar-refractivity contribution in [2.24, 2.45) is 0 Å². The number of carbonyl (C=O) groups excluding carboxylic acids is 1. The van der Waals surface area contributed by atoms with Gasteiger partial charge in [0, 0.05) is 6.42 Å². The first-order valence-electron chi connectivity index (χ1n) is 36.4. The van der Waals surface area contributed by atoms with E-state index in [1.807, 2.05) is 6.08 Å². The van der Waals surface area contributed by atoms with Crippen molar-refractivity contribution < 1.29 is 39.8 Å². The second-order valence-electron chi connectivity index (χ2n) is 25.4. The van der Waals surface area contributed by atoms with Crippen LogP contribution in [0.1, 0.15) is 361 Å². The SMILES string of the molecule is CCCCCCCCCCCCC/C=C\C/C=C\CCCCCCCCCCCCCCCCCCCC(=O)NC(COC1OC(CO)C(O)C(O)C1O)C(O)/C=C/CC/C=C/CCCCCCCCCCCCCCCCCCCCC. The van der Waals surface area contributed by atoms with E-state index >= 15 is 0 Å². The maximum absolute atomic E-state index is 13.1. The van der Waals surface area contributed by atoms with Crippen molar-refractivity contribution in [3.05, 3.63) is 48.6 Å². The highest BCUT2D eigenvalue weighted by atomic mass is 16.7. The van der Waals surface area contributed by atoms with Crippen molar-refractivity contribution in [1.82, 2.24) is 5.32 Å². The molecule has 9 heteroatoms. The van der Waals surface area contributed by atoms with Gasteiger partial charge >= 0.3 is 0 Å². The standard InChI is InChI=1S/C74H139NO8/c1-3-5-7-9-11-13-15-17-19-21-23-25-27-29-30-31-32-33-34-35-36-37-38-40-42-44-46-48-50-52-54-56-58-60-62-64-70(78)75-67(66-82-74-73(81)72(80)71(79)69(65-76)83-74)68(77)63-61-59-57-55-53-51-49-47-45-43-41-39-28-26-24-22-20-18-16-14-12-10-8-6-4-2/h27,29,31-32,53,55,61,63,67-69,71-74,76-77,79-81H,3-26,28,30,33-52,54,56-60,62,64-66H2,1-2H3,(H,75,78)/b29-27-,32-31-,55-53+,63-61+. The third-order valence-electron chi connectivity index (χ3n) is 17.4. The minimum atomic E-state index is -1.57. The summed E-state index contributed by atoms with van der Waals surface area (Å²) in [4.78, 5) is 13.1. The first kappa shape index (κ1) is 79.2. The molecule has 6 N–H and O–H groups in total. The fourth-order valence-corrected chi connectivity index (χ4v) is 11.7. The lowest BCUT2D eigenvalue weighted by atomic mass is 9.99. The molecule has 0 aromatic carbocycles. The Labute approximate surface area is 514 Å². The zero-order valence-electron chi connectivity index (χ0n) is 54.7. The number of carbonyl (C=O) groups is 1. The molecule has 1 saturated heterocycles. The predicted octanol–water partition coefficient (Wildman–Crippen LogP) is 20.0. The lowest BCUT2D eigenvalue weighted by Crippen LogP contribution is -2.60. The lowest BCUT2D eigenvalue weighted by molar-refractivity contribution is -0.302. The number of hydrogen-bond acceptors (Lipinski definition) is 8. The first-order chi connectivity index (χ1) is 40.8. The van der Waals surface area contributed by atoms with Crippen LogP contribution in [0.25, 0.3) is 0 Å². The second kappa shape index (κ2) is 63.2. The molecule has 0 saturated carbocycles. The van der Waals surface area contributed by atoms with Gasteiger partial charge < -0.3 is 40.3 Å². The molecule has 83 heavy (non-hydrogen) atoms. The highest BCUT2D eigenvalue weighted by Gasteiger charge is 2.44. The normalized spacial score (nSPS) is 18.5. The average molecular weight is 1170 g/mol. The molecule has 1 heterocycles. The van der Waals surface area contributed by atoms with E-state index in [0.29, 0.717) is 6.42 Å². The van der Waals surface area contributed by atoms with Gasteiger partial charge in [0.05, 0.1) is 25.4 Å². The fraction of sp³-hybridized carbons (Fsp3) is 0.878. The number of nitrogens with one attached hydrogen (secondary N) is 1. The Morgan fingerprint density at radius 2 is 0.723 bits per heavy atom. The van der Waals surface area contributed by atoms with E-state index in [0.717, 1.165) is 44.9 Å². The molecule has 9 nitrogen and oxygen atoms in total. The van der Waals surface area contributed by atoms with Crippen LogP contribution >= 0.6 is 0 Å². The van der Waals surface area contributed by atoms with Crippen LogP contribution in [0, 0.1) is 0 Å². The van der Waals surface area contributed by atoms with Crippen LogP contribution in [-0.2, 0) is 14.3 Å². The highest BCUT2D eigenvalue weighted by Crippen LogP contribution is 2.23. The van der Waals surface area contributed by atoms with Crippen LogP contribution in [0.3, 0.4) is 0 Å². The number of hydrogen-bond donors (Lipinski definition) is 6. The molecule has 1 aliphatic heterocycles. The van der Waals surface area contributed by atoms with Crippen molar-refractivity contribution in [1.29, 1.82) is 0 Å². The summed E-state index contributed by atoms with van der Waals surface area (Å²) >= 11 is 0. The molecule has 1 rings (SSSR count). The van der Waals surface area contributed by atoms with Crippen molar-refractivity contribution in [3.63, 3.8) is 0 Å². The van der Waals surface area contributed by atoms with Gasteiger partial charge in [0.2, 0.25) is 5.91 Å². The van der Waals surface area contributed by atoms with E-state index in [9.17, 15) is 30.3 Å². The number of allylic oxidation sites excluding steroid dienone is 7. The van der Waals surface area contributed by atoms with Crippen LogP contribution in [0.5, 0.6) is 0 Å². The zero-order valence-corrected chi connectivity index (χ0v) is 54.7. The van der Waals surface area contributed by atoms with E-state index in [2.05, 4.69) is 55.6 Å². The van der Waals surface area contributed by atoms with E-state index < -0.39 is 49.5 Å². The second-order valence-corrected chi connectivity index (χ2v) is 25.4. The summed E-state index contributed by atoms with van der Waals surface area (Å²) in [5.74, 6) is -0.181. The van der Waals surface area contributed by atoms with Crippen LogP contribution in [0.4, 0.5) is 0 Å². The summed E-state index contributed by atoms with van der Waals surface area (Å²) in [5.41, 5.74) is 0. The number of unbranched alkanes of at least 4 members (excludes halogenated alkanes) is 48. The van der Waals surface area contributed by atoms with E-state index in [4.69, 9.17) is 9.47 Å². The van der Waals surface area contributed by atoms with E-state index in [-0.39, 0.29) is 12.5 Å². The first-order valence-corrected chi connectivity index (χ1v) is 36.4. The highest BCUT2D eigenvalue weighted by molar-refractivity contribution is 5.76. The summed E-state index contributed by atoms with van der Waals surface area (Å²) in [6.45, 7) is 3.82. The minimum absolute atomic E-state index is 0.181. The molecule has 7 atom stereocenters. The Balaban J connectivity index is 2.12. The minimum Gasteiger partial charge on any atom is -0.394 e. The largest absolute Gasteiger partial charge is 0.394 e. The van der Waals surface area contributed by atoms with Gasteiger partial charge in [-0.2, -0.15) is 0 Å². The Hall–Kier alpha value is -1.85. The smallest absolute Gasteiger partial charge is 0.220 e. The molecule has 1 fully saturated rings. The summed E-state index contributed by atoms with van der Waals surface area (Å²) in [6.07, 6.45) is 79.5. The third kappa shape index (κ3) is 51.9. The fourth-order valence-electron chi connectivity index (χ4n) is 11.7. The van der Waals surface area contributed by atoms with Crippen LogP contribution in [-0.4, -0.2) is 87.5 Å². The van der Waals surface area contributed by atoms with Crippen molar-refractivity contribution in [2.75, 3.05) is 13.2 Å². The topological polar surface area (TPSA) is 149 Å². The molecule has 488 valence electrons. The van der Waals surface area contributed by atoms with Gasteiger partial charge in [0.15, 0.2) is 6.29 Å². The molecule has 7 unspecified atom stereocenters. The number of amides is 1. The van der Waals surface area contributed by atoms with Gasteiger partial charge in [-0.3, -0.25) is 4.79 Å². The molecule has 0 spiro atoms.